The fourth-order valence-corrected chi connectivity index (χ4v) is 6.55. The van der Waals surface area contributed by atoms with Crippen molar-refractivity contribution in [2.75, 3.05) is 23.0 Å². The maximum atomic E-state index is 12.5. The molecule has 1 aliphatic carbocycles. The van der Waals surface area contributed by atoms with Crippen molar-refractivity contribution in [2.45, 2.75) is 30.5 Å². The first-order valence-electron chi connectivity index (χ1n) is 9.47. The number of anilines is 2. The summed E-state index contributed by atoms with van der Waals surface area (Å²) in [6.45, 7) is 2.05. The van der Waals surface area contributed by atoms with E-state index < -0.39 is 0 Å². The number of nitrogens with one attached hydrogen (secondary N) is 2. The number of esters is 1. The van der Waals surface area contributed by atoms with Crippen LogP contribution in [-0.2, 0) is 22.4 Å². The molecular formula is C19H18N4O4S4. The lowest BCUT2D eigenvalue weighted by molar-refractivity contribution is -0.113. The molecular weight excluding hydrogens is 477 g/mol. The van der Waals surface area contributed by atoms with Crippen LogP contribution in [0.5, 0.6) is 0 Å². The molecule has 0 radical (unpaired) electrons. The second-order valence-corrected chi connectivity index (χ2v) is 10.7. The van der Waals surface area contributed by atoms with Crippen LogP contribution in [0.2, 0.25) is 0 Å². The summed E-state index contributed by atoms with van der Waals surface area (Å²) in [5, 5.41) is 16.3. The summed E-state index contributed by atoms with van der Waals surface area (Å²) in [5.41, 5.74) is 1.49. The van der Waals surface area contributed by atoms with Crippen LogP contribution < -0.4 is 10.6 Å². The summed E-state index contributed by atoms with van der Waals surface area (Å²) in [6.07, 6.45) is 2.76. The first kappa shape index (κ1) is 21.9. The Bertz CT molecular complexity index is 1110. The summed E-state index contributed by atoms with van der Waals surface area (Å²) < 4.78 is 5.75. The van der Waals surface area contributed by atoms with Crippen LogP contribution >= 0.6 is 45.8 Å². The summed E-state index contributed by atoms with van der Waals surface area (Å²) >= 11 is 5.21. The van der Waals surface area contributed by atoms with Gasteiger partial charge in [-0.15, -0.1) is 32.9 Å². The molecule has 1 aliphatic rings. The topological polar surface area (TPSA) is 110 Å². The number of rotatable bonds is 8. The molecule has 12 heteroatoms. The molecule has 3 aromatic rings. The summed E-state index contributed by atoms with van der Waals surface area (Å²) in [5.74, 6) is -0.758. The van der Waals surface area contributed by atoms with Gasteiger partial charge in [0, 0.05) is 4.88 Å². The van der Waals surface area contributed by atoms with Gasteiger partial charge in [0.15, 0.2) is 4.34 Å². The Morgan fingerprint density at radius 2 is 2.06 bits per heavy atom. The van der Waals surface area contributed by atoms with Crippen molar-refractivity contribution in [2.24, 2.45) is 0 Å². The van der Waals surface area contributed by atoms with Crippen molar-refractivity contribution >= 4 is 73.7 Å². The van der Waals surface area contributed by atoms with E-state index in [-0.39, 0.29) is 30.1 Å². The molecule has 8 nitrogen and oxygen atoms in total. The maximum Gasteiger partial charge on any atom is 0.341 e. The zero-order chi connectivity index (χ0) is 21.8. The molecule has 0 saturated carbocycles. The Hall–Kier alpha value is -2.28. The van der Waals surface area contributed by atoms with Gasteiger partial charge >= 0.3 is 5.97 Å². The first-order valence-corrected chi connectivity index (χ1v) is 13.0. The van der Waals surface area contributed by atoms with Crippen molar-refractivity contribution in [1.82, 2.24) is 10.2 Å². The van der Waals surface area contributed by atoms with Crippen molar-refractivity contribution in [3.8, 4) is 0 Å². The Labute approximate surface area is 194 Å². The molecule has 4 rings (SSSR count). The lowest BCUT2D eigenvalue weighted by Crippen LogP contribution is -2.16. The minimum Gasteiger partial charge on any atom is -0.462 e. The Morgan fingerprint density at radius 3 is 2.84 bits per heavy atom. The number of carbonyl (C=O) groups is 3. The normalized spacial score (nSPS) is 12.4. The van der Waals surface area contributed by atoms with E-state index in [0.717, 1.165) is 29.7 Å². The van der Waals surface area contributed by atoms with E-state index in [1.165, 1.54) is 45.8 Å². The minimum atomic E-state index is -0.389. The van der Waals surface area contributed by atoms with Crippen LogP contribution in [0.25, 0.3) is 0 Å². The van der Waals surface area contributed by atoms with Gasteiger partial charge in [0.25, 0.3) is 5.91 Å². The second-order valence-electron chi connectivity index (χ2n) is 6.42. The lowest BCUT2D eigenvalue weighted by Gasteiger charge is -2.07. The third-order valence-corrected chi connectivity index (χ3v) is 8.40. The molecule has 0 unspecified atom stereocenters. The molecule has 0 fully saturated rings. The third kappa shape index (κ3) is 5.14. The Morgan fingerprint density at radius 1 is 1.19 bits per heavy atom. The number of carbonyl (C=O) groups excluding carboxylic acids is 3. The van der Waals surface area contributed by atoms with Gasteiger partial charge in [-0.25, -0.2) is 4.79 Å². The SMILES string of the molecule is CCOC(=O)c1c(NC(=O)CSc2nnc(NC(=O)c3cccs3)s2)sc2c1CCC2. The van der Waals surface area contributed by atoms with Gasteiger partial charge in [0.1, 0.15) is 5.00 Å². The van der Waals surface area contributed by atoms with Crippen molar-refractivity contribution in [3.63, 3.8) is 0 Å². The number of ether oxygens (including phenoxy) is 1. The predicted molar refractivity (Wildman–Crippen MR) is 124 cm³/mol. The fourth-order valence-electron chi connectivity index (χ4n) is 3.09. The lowest BCUT2D eigenvalue weighted by atomic mass is 10.1. The molecule has 0 atom stereocenters. The summed E-state index contributed by atoms with van der Waals surface area (Å²) in [6, 6.07) is 3.53. The molecule has 0 spiro atoms. The van der Waals surface area contributed by atoms with E-state index >= 15 is 0 Å². The van der Waals surface area contributed by atoms with Crippen molar-refractivity contribution < 1.29 is 19.1 Å². The highest BCUT2D eigenvalue weighted by Crippen LogP contribution is 2.39. The van der Waals surface area contributed by atoms with E-state index in [1.54, 1.807) is 19.1 Å². The van der Waals surface area contributed by atoms with E-state index in [0.29, 0.717) is 24.9 Å². The van der Waals surface area contributed by atoms with Gasteiger partial charge in [-0.05, 0) is 43.2 Å². The number of nitrogens with zero attached hydrogens (tertiary/aromatic N) is 2. The van der Waals surface area contributed by atoms with Gasteiger partial charge in [-0.3, -0.25) is 14.9 Å². The highest BCUT2D eigenvalue weighted by molar-refractivity contribution is 8.01. The molecule has 2 N–H and O–H groups in total. The average molecular weight is 495 g/mol. The number of hydrogen-bond acceptors (Lipinski definition) is 10. The highest BCUT2D eigenvalue weighted by atomic mass is 32.2. The van der Waals surface area contributed by atoms with Gasteiger partial charge in [0.05, 0.1) is 22.8 Å². The predicted octanol–water partition coefficient (Wildman–Crippen LogP) is 4.31. The maximum absolute atomic E-state index is 12.5. The number of thioether (sulfide) groups is 1. The molecule has 2 amide bonds. The monoisotopic (exact) mass is 494 g/mol. The van der Waals surface area contributed by atoms with Gasteiger partial charge in [0.2, 0.25) is 11.0 Å². The number of aryl methyl sites for hydroxylation is 1. The highest BCUT2D eigenvalue weighted by Gasteiger charge is 2.28. The number of amides is 2. The van der Waals surface area contributed by atoms with Crippen LogP contribution in [-0.4, -0.2) is 40.3 Å². The van der Waals surface area contributed by atoms with Crippen molar-refractivity contribution in [3.05, 3.63) is 38.4 Å². The second kappa shape index (κ2) is 9.90. The molecule has 0 saturated heterocycles. The largest absolute Gasteiger partial charge is 0.462 e. The number of fused-ring (bicyclic) bond motifs is 1. The minimum absolute atomic E-state index is 0.109. The van der Waals surface area contributed by atoms with E-state index in [2.05, 4.69) is 20.8 Å². The van der Waals surface area contributed by atoms with Crippen LogP contribution in [0.4, 0.5) is 10.1 Å². The Kier molecular flexibility index (Phi) is 7.00. The van der Waals surface area contributed by atoms with Crippen LogP contribution in [0.15, 0.2) is 21.9 Å². The van der Waals surface area contributed by atoms with Crippen LogP contribution in [0, 0.1) is 0 Å². The number of aromatic nitrogens is 2. The van der Waals surface area contributed by atoms with Crippen LogP contribution in [0.1, 0.15) is 43.8 Å². The quantitative estimate of drug-likeness (QED) is 0.273. The third-order valence-electron chi connectivity index (χ3n) is 4.35. The molecule has 0 aliphatic heterocycles. The van der Waals surface area contributed by atoms with E-state index in [4.69, 9.17) is 4.74 Å². The standard InChI is InChI=1S/C19H18N4O4S4/c1-2-27-17(26)14-10-5-3-6-11(10)30-16(14)20-13(24)9-29-19-23-22-18(31-19)21-15(25)12-7-4-8-28-12/h4,7-8H,2-3,5-6,9H2,1H3,(H,20,24)(H,21,22,25). The van der Waals surface area contributed by atoms with E-state index in [1.807, 2.05) is 5.38 Å². The number of thiophene rings is 2. The zero-order valence-corrected chi connectivity index (χ0v) is 19.7. The molecule has 3 aromatic heterocycles. The number of hydrogen-bond donors (Lipinski definition) is 2. The smallest absolute Gasteiger partial charge is 0.341 e. The molecule has 3 heterocycles. The fraction of sp³-hybridized carbons (Fsp3) is 0.316. The van der Waals surface area contributed by atoms with Gasteiger partial charge in [-0.1, -0.05) is 29.2 Å². The Balaban J connectivity index is 1.35. The first-order chi connectivity index (χ1) is 15.0. The van der Waals surface area contributed by atoms with Gasteiger partial charge in [-0.2, -0.15) is 0 Å². The van der Waals surface area contributed by atoms with Gasteiger partial charge < -0.3 is 10.1 Å². The molecule has 0 bridgehead atoms. The van der Waals surface area contributed by atoms with Crippen molar-refractivity contribution in [1.29, 1.82) is 0 Å². The molecule has 0 aromatic carbocycles. The summed E-state index contributed by atoms with van der Waals surface area (Å²) in [4.78, 5) is 38.7. The molecule has 31 heavy (non-hydrogen) atoms. The molecule has 162 valence electrons. The zero-order valence-electron chi connectivity index (χ0n) is 16.4. The average Bonchev–Trinajstić information content (AvgIpc) is 3.51. The van der Waals surface area contributed by atoms with E-state index in [9.17, 15) is 14.4 Å². The summed E-state index contributed by atoms with van der Waals surface area (Å²) in [7, 11) is 0. The van der Waals surface area contributed by atoms with Crippen LogP contribution in [0.3, 0.4) is 0 Å².